The zero-order valence-corrected chi connectivity index (χ0v) is 33.7. The van der Waals surface area contributed by atoms with Gasteiger partial charge in [0.05, 0.1) is 66.5 Å². The maximum Gasteiger partial charge on any atom is 0.255 e. The second-order valence-corrected chi connectivity index (χ2v) is 14.2. The third kappa shape index (κ3) is 10.3. The number of unbranched alkanes of at least 4 members (excludes halogenated alkanes) is 6. The minimum atomic E-state index is -0.441. The van der Waals surface area contributed by atoms with Crippen molar-refractivity contribution in [3.05, 3.63) is 100 Å². The van der Waals surface area contributed by atoms with Crippen LogP contribution in [0.15, 0.2) is 71.3 Å². The summed E-state index contributed by atoms with van der Waals surface area (Å²) in [7, 11) is 4.69. The van der Waals surface area contributed by atoms with Crippen LogP contribution in [-0.2, 0) is 26.4 Å². The van der Waals surface area contributed by atoms with Gasteiger partial charge in [0.25, 0.3) is 5.91 Å². The first kappa shape index (κ1) is 42.8. The molecule has 314 valence electrons. The van der Waals surface area contributed by atoms with Crippen molar-refractivity contribution in [2.75, 3.05) is 39.9 Å². The number of hydrogen-bond donors (Lipinski definition) is 6. The fraction of sp³-hybridized carbons (Fsp3) is 0.378. The lowest BCUT2D eigenvalue weighted by Gasteiger charge is -2.29. The van der Waals surface area contributed by atoms with Crippen molar-refractivity contribution in [2.45, 2.75) is 77.5 Å². The Morgan fingerprint density at radius 3 is 1.88 bits per heavy atom. The highest BCUT2D eigenvalue weighted by atomic mass is 16.5. The molecule has 1 aliphatic heterocycles. The molecule has 0 bridgehead atoms. The molecule has 6 rings (SSSR count). The Morgan fingerprint density at radius 1 is 0.627 bits per heavy atom. The van der Waals surface area contributed by atoms with Gasteiger partial charge in [-0.15, -0.1) is 0 Å². The monoisotopic (exact) mass is 811 g/mol. The molecule has 1 unspecified atom stereocenters. The van der Waals surface area contributed by atoms with E-state index in [1.54, 1.807) is 51.7 Å². The van der Waals surface area contributed by atoms with E-state index in [-0.39, 0.29) is 32.3 Å². The molecule has 0 radical (unpaired) electrons. The van der Waals surface area contributed by atoms with Gasteiger partial charge in [-0.25, -0.2) is 0 Å². The number of nitrogens with one attached hydrogen (secondary N) is 2. The van der Waals surface area contributed by atoms with Gasteiger partial charge in [-0.2, -0.15) is 0 Å². The van der Waals surface area contributed by atoms with Crippen molar-refractivity contribution in [1.29, 1.82) is 0 Å². The Kier molecular flexibility index (Phi) is 15.1. The van der Waals surface area contributed by atoms with Gasteiger partial charge in [0.2, 0.25) is 5.75 Å². The highest BCUT2D eigenvalue weighted by Crippen LogP contribution is 2.42. The summed E-state index contributed by atoms with van der Waals surface area (Å²) in [6.45, 7) is -0.0338. The summed E-state index contributed by atoms with van der Waals surface area (Å²) < 4.78 is 34.4. The minimum Gasteiger partial charge on any atom is -0.497 e. The quantitative estimate of drug-likeness (QED) is 0.0390. The number of fused-ring (bicyclic) bond motifs is 1. The van der Waals surface area contributed by atoms with Crippen LogP contribution in [-0.4, -0.2) is 66.0 Å². The molecule has 1 aliphatic rings. The molecular weight excluding hydrogens is 759 g/mol. The van der Waals surface area contributed by atoms with Crippen molar-refractivity contribution in [3.63, 3.8) is 0 Å². The van der Waals surface area contributed by atoms with Crippen molar-refractivity contribution in [1.82, 2.24) is 10.5 Å². The van der Waals surface area contributed by atoms with E-state index in [9.17, 15) is 25.2 Å². The van der Waals surface area contributed by atoms with Gasteiger partial charge < -0.3 is 59.3 Å². The second-order valence-electron chi connectivity index (χ2n) is 14.2. The van der Waals surface area contributed by atoms with E-state index in [1.165, 1.54) is 0 Å². The summed E-state index contributed by atoms with van der Waals surface area (Å²) in [5, 5.41) is 50.0. The molecule has 14 nitrogen and oxygen atoms in total. The Morgan fingerprint density at radius 2 is 1.27 bits per heavy atom. The Hall–Kier alpha value is -5.80. The van der Waals surface area contributed by atoms with Crippen LogP contribution in [0.3, 0.4) is 0 Å². The largest absolute Gasteiger partial charge is 0.497 e. The molecule has 1 amide bonds. The highest BCUT2D eigenvalue weighted by Gasteiger charge is 2.26. The first-order chi connectivity index (χ1) is 28.8. The Labute approximate surface area is 343 Å². The van der Waals surface area contributed by atoms with Gasteiger partial charge in [-0.05, 0) is 89.7 Å². The predicted octanol–water partition coefficient (Wildman–Crippen LogP) is 7.05. The number of aliphatic hydroxyl groups is 4. The first-order valence-corrected chi connectivity index (χ1v) is 19.8. The average molecular weight is 812 g/mol. The highest BCUT2D eigenvalue weighted by molar-refractivity contribution is 6.02. The van der Waals surface area contributed by atoms with Crippen LogP contribution in [0.25, 0.3) is 22.6 Å². The molecule has 59 heavy (non-hydrogen) atoms. The third-order valence-electron chi connectivity index (χ3n) is 10.4. The molecule has 1 aromatic heterocycles. The molecule has 14 heteroatoms. The lowest BCUT2D eigenvalue weighted by atomic mass is 9.97. The van der Waals surface area contributed by atoms with Gasteiger partial charge in [-0.3, -0.25) is 4.79 Å². The number of aromatic nitrogens is 1. The maximum absolute atomic E-state index is 12.8. The molecule has 0 saturated carbocycles. The van der Waals surface area contributed by atoms with E-state index >= 15 is 0 Å². The minimum absolute atomic E-state index is 0.180. The smallest absolute Gasteiger partial charge is 0.255 e. The average Bonchev–Trinajstić information content (AvgIpc) is 3.78. The number of aliphatic hydroxyl groups excluding tert-OH is 4. The Balaban J connectivity index is 0.914. The zero-order chi connectivity index (χ0) is 41.7. The molecule has 4 aromatic carbocycles. The number of anilines is 1. The van der Waals surface area contributed by atoms with Crippen LogP contribution in [0.2, 0.25) is 0 Å². The van der Waals surface area contributed by atoms with E-state index in [4.69, 9.17) is 28.2 Å². The predicted molar refractivity (Wildman–Crippen MR) is 221 cm³/mol. The fourth-order valence-corrected chi connectivity index (χ4v) is 7.16. The number of ether oxygens (including phenoxy) is 5. The van der Waals surface area contributed by atoms with Crippen LogP contribution < -0.4 is 34.3 Å². The standard InChI is InChI=1S/C45H53N3O11/c1-54-34-12-13-37-35(22-34)45(53)47-44(46-37)28-11-14-39(33(17-28)26-51)57-15-9-7-5-4-6-8-10-16-58-43-41(55-2)20-29(21-42(43)56-3)38-23-40(59-48-38)30-18-31(24-49)36(27-52)32(19-30)25-50/h11-14,17-23,44,46,49-52H,4-10,15-16,24-27H2,1-3H3,(H,47,53). The molecule has 5 aromatic rings. The van der Waals surface area contributed by atoms with E-state index < -0.39 is 6.17 Å². The topological polar surface area (TPSA) is 194 Å². The summed E-state index contributed by atoms with van der Waals surface area (Å²) in [4.78, 5) is 12.8. The van der Waals surface area contributed by atoms with Gasteiger partial charge in [0.15, 0.2) is 17.3 Å². The van der Waals surface area contributed by atoms with Crippen LogP contribution >= 0.6 is 0 Å². The molecule has 0 saturated heterocycles. The number of rotatable bonds is 22. The summed E-state index contributed by atoms with van der Waals surface area (Å²) in [5.74, 6) is 2.97. The molecule has 2 heterocycles. The van der Waals surface area contributed by atoms with Crippen LogP contribution in [0, 0.1) is 0 Å². The fourth-order valence-electron chi connectivity index (χ4n) is 7.16. The SMILES string of the molecule is COc1ccc2c(c1)C(=O)NC(c1ccc(OCCCCCCCCCOc3c(OC)cc(-c4cc(-c5cc(CO)c(CO)c(CO)c5)on4)cc3OC)c(CO)c1)N2. The van der Waals surface area contributed by atoms with Crippen molar-refractivity contribution >= 4 is 11.6 Å². The van der Waals surface area contributed by atoms with E-state index in [0.29, 0.717) is 98.0 Å². The van der Waals surface area contributed by atoms with E-state index in [0.717, 1.165) is 50.5 Å². The van der Waals surface area contributed by atoms with Crippen molar-refractivity contribution < 1.29 is 53.4 Å². The Bertz CT molecular complexity index is 2140. The lowest BCUT2D eigenvalue weighted by Crippen LogP contribution is -2.38. The molecule has 6 N–H and O–H groups in total. The second kappa shape index (κ2) is 20.8. The molecular formula is C45H53N3O11. The van der Waals surface area contributed by atoms with Gasteiger partial charge in [-0.1, -0.05) is 43.3 Å². The third-order valence-corrected chi connectivity index (χ3v) is 10.4. The first-order valence-electron chi connectivity index (χ1n) is 19.8. The number of methoxy groups -OCH3 is 3. The van der Waals surface area contributed by atoms with Crippen molar-refractivity contribution in [2.24, 2.45) is 0 Å². The lowest BCUT2D eigenvalue weighted by molar-refractivity contribution is 0.0935. The number of carbonyl (C=O) groups is 1. The summed E-state index contributed by atoms with van der Waals surface area (Å²) in [6, 6.07) is 19.7. The van der Waals surface area contributed by atoms with Crippen LogP contribution in [0.5, 0.6) is 28.7 Å². The van der Waals surface area contributed by atoms with Gasteiger partial charge in [0.1, 0.15) is 23.4 Å². The van der Waals surface area contributed by atoms with Crippen molar-refractivity contribution in [3.8, 4) is 51.3 Å². The molecule has 0 spiro atoms. The zero-order valence-electron chi connectivity index (χ0n) is 33.7. The summed E-state index contributed by atoms with van der Waals surface area (Å²) in [5.41, 5.74) is 6.02. The number of carbonyl (C=O) groups excluding carboxylic acids is 1. The number of amides is 1. The molecule has 1 atom stereocenters. The number of hydrogen-bond acceptors (Lipinski definition) is 13. The van der Waals surface area contributed by atoms with Crippen LogP contribution in [0.1, 0.15) is 89.3 Å². The van der Waals surface area contributed by atoms with Crippen LogP contribution in [0.4, 0.5) is 5.69 Å². The normalized spacial score (nSPS) is 13.3. The molecule has 0 fully saturated rings. The maximum atomic E-state index is 12.8. The van der Waals surface area contributed by atoms with E-state index in [1.807, 2.05) is 36.4 Å². The molecule has 0 aliphatic carbocycles. The van der Waals surface area contributed by atoms with Gasteiger partial charge >= 0.3 is 0 Å². The summed E-state index contributed by atoms with van der Waals surface area (Å²) in [6.07, 6.45) is 6.63. The number of nitrogens with zero attached hydrogens (tertiary/aromatic N) is 1. The number of benzene rings is 4. The van der Waals surface area contributed by atoms with E-state index in [2.05, 4.69) is 15.8 Å². The summed E-state index contributed by atoms with van der Waals surface area (Å²) >= 11 is 0. The van der Waals surface area contributed by atoms with Gasteiger partial charge in [0, 0.05) is 28.4 Å².